The van der Waals surface area contributed by atoms with Crippen LogP contribution in [0.15, 0.2) is 30.5 Å². The summed E-state index contributed by atoms with van der Waals surface area (Å²) in [4.78, 5) is 12.0. The van der Waals surface area contributed by atoms with E-state index >= 15 is 0 Å². The van der Waals surface area contributed by atoms with E-state index in [9.17, 15) is 9.18 Å². The first kappa shape index (κ1) is 17.7. The van der Waals surface area contributed by atoms with Crippen molar-refractivity contribution in [2.45, 2.75) is 33.1 Å². The largest absolute Gasteiger partial charge is 0.489 e. The van der Waals surface area contributed by atoms with E-state index < -0.39 is 0 Å². The molecule has 1 aliphatic carbocycles. The van der Waals surface area contributed by atoms with Gasteiger partial charge in [-0.2, -0.15) is 0 Å². The first-order chi connectivity index (χ1) is 12.1. The third kappa shape index (κ3) is 4.10. The van der Waals surface area contributed by atoms with Crippen molar-refractivity contribution in [1.82, 2.24) is 9.88 Å². The summed E-state index contributed by atoms with van der Waals surface area (Å²) < 4.78 is 21.8. The lowest BCUT2D eigenvalue weighted by Crippen LogP contribution is -2.25. The van der Waals surface area contributed by atoms with Crippen LogP contribution < -0.4 is 10.1 Å². The molecule has 25 heavy (non-hydrogen) atoms. The molecule has 0 atom stereocenters. The van der Waals surface area contributed by atoms with Crippen molar-refractivity contribution in [3.05, 3.63) is 47.5 Å². The van der Waals surface area contributed by atoms with Gasteiger partial charge in [0, 0.05) is 42.2 Å². The molecule has 0 fully saturated rings. The van der Waals surface area contributed by atoms with Crippen LogP contribution in [0.4, 0.5) is 4.39 Å². The number of rotatable bonds is 7. The molecule has 4 nitrogen and oxygen atoms in total. The highest BCUT2D eigenvalue weighted by molar-refractivity contribution is 5.98. The molecule has 2 aromatic rings. The summed E-state index contributed by atoms with van der Waals surface area (Å²) in [5, 5.41) is 3.26. The summed E-state index contributed by atoms with van der Waals surface area (Å²) in [5.41, 5.74) is 2.46. The van der Waals surface area contributed by atoms with Gasteiger partial charge in [-0.3, -0.25) is 4.79 Å². The fourth-order valence-corrected chi connectivity index (χ4v) is 3.15. The van der Waals surface area contributed by atoms with Crippen molar-refractivity contribution in [3.63, 3.8) is 0 Å². The van der Waals surface area contributed by atoms with Crippen LogP contribution in [0.25, 0.3) is 5.69 Å². The second kappa shape index (κ2) is 7.83. The molecule has 0 spiro atoms. The van der Waals surface area contributed by atoms with Gasteiger partial charge in [-0.05, 0) is 43.5 Å². The third-order valence-corrected chi connectivity index (χ3v) is 4.39. The normalized spacial score (nSPS) is 14.0. The van der Waals surface area contributed by atoms with Gasteiger partial charge in [0.05, 0.1) is 0 Å². The minimum absolute atomic E-state index is 0.175. The number of hydrogen-bond donors (Lipinski definition) is 1. The molecule has 0 saturated carbocycles. The fraction of sp³-hybridized carbons (Fsp3) is 0.450. The monoisotopic (exact) mass is 344 g/mol. The molecule has 1 heterocycles. The number of benzene rings is 1. The zero-order valence-corrected chi connectivity index (χ0v) is 14.8. The van der Waals surface area contributed by atoms with Crippen LogP contribution >= 0.6 is 0 Å². The second-order valence-electron chi connectivity index (χ2n) is 6.88. The number of nitrogens with zero attached hydrogens (tertiary/aromatic N) is 1. The van der Waals surface area contributed by atoms with E-state index in [1.54, 1.807) is 6.07 Å². The van der Waals surface area contributed by atoms with Crippen molar-refractivity contribution < 1.29 is 13.9 Å². The molecule has 5 heteroatoms. The van der Waals surface area contributed by atoms with Crippen LogP contribution in [-0.4, -0.2) is 30.0 Å². The lowest BCUT2D eigenvalue weighted by molar-refractivity contribution is 0.0972. The summed E-state index contributed by atoms with van der Waals surface area (Å²) in [6.45, 7) is 6.31. The fourth-order valence-electron chi connectivity index (χ4n) is 3.15. The second-order valence-corrected chi connectivity index (χ2v) is 6.88. The molecule has 1 aromatic carbocycles. The Bertz CT molecular complexity index is 752. The number of carbonyl (C=O) groups is 1. The zero-order chi connectivity index (χ0) is 17.8. The summed E-state index contributed by atoms with van der Waals surface area (Å²) in [6.07, 6.45) is 4.14. The predicted molar refractivity (Wildman–Crippen MR) is 96.2 cm³/mol. The Labute approximate surface area is 148 Å². The van der Waals surface area contributed by atoms with Gasteiger partial charge in [-0.1, -0.05) is 13.8 Å². The molecule has 3 rings (SSSR count). The minimum Gasteiger partial charge on any atom is -0.489 e. The van der Waals surface area contributed by atoms with Gasteiger partial charge in [-0.15, -0.1) is 0 Å². The predicted octanol–water partition coefficient (Wildman–Crippen LogP) is 3.76. The van der Waals surface area contributed by atoms with Crippen molar-refractivity contribution in [2.75, 3.05) is 19.7 Å². The van der Waals surface area contributed by atoms with Crippen LogP contribution in [0, 0.1) is 11.7 Å². The highest BCUT2D eigenvalue weighted by atomic mass is 19.1. The van der Waals surface area contributed by atoms with Crippen LogP contribution in [0.1, 0.15) is 42.7 Å². The van der Waals surface area contributed by atoms with E-state index in [2.05, 4.69) is 19.2 Å². The lowest BCUT2D eigenvalue weighted by Gasteiger charge is -2.16. The van der Waals surface area contributed by atoms with E-state index in [-0.39, 0.29) is 17.3 Å². The molecule has 1 N–H and O–H groups in total. The molecule has 0 amide bonds. The smallest absolute Gasteiger partial charge is 0.167 e. The number of nitrogens with one attached hydrogen (secondary N) is 1. The highest BCUT2D eigenvalue weighted by Crippen LogP contribution is 2.27. The Hall–Kier alpha value is -2.14. The van der Waals surface area contributed by atoms with Gasteiger partial charge in [0.25, 0.3) is 0 Å². The average Bonchev–Trinajstić information content (AvgIpc) is 3.01. The number of halogens is 1. The Kier molecular flexibility index (Phi) is 5.53. The van der Waals surface area contributed by atoms with Crippen LogP contribution in [0.2, 0.25) is 0 Å². The topological polar surface area (TPSA) is 43.3 Å². The molecule has 0 radical (unpaired) electrons. The summed E-state index contributed by atoms with van der Waals surface area (Å²) in [7, 11) is 0. The van der Waals surface area contributed by atoms with E-state index in [1.165, 1.54) is 6.07 Å². The number of carbonyl (C=O) groups excluding carboxylic acids is 1. The average molecular weight is 344 g/mol. The Morgan fingerprint density at radius 2 is 2.12 bits per heavy atom. The summed E-state index contributed by atoms with van der Waals surface area (Å²) in [5.74, 6) is 0.628. The number of Topliss-reactive ketones (excluding diaryl/α,β-unsaturated/α-hetero) is 1. The van der Waals surface area contributed by atoms with Crippen molar-refractivity contribution >= 4 is 5.78 Å². The third-order valence-electron chi connectivity index (χ3n) is 4.39. The van der Waals surface area contributed by atoms with E-state index in [1.807, 2.05) is 22.9 Å². The molecule has 134 valence electrons. The molecular weight excluding hydrogens is 319 g/mol. The quantitative estimate of drug-likeness (QED) is 0.778. The number of fused-ring (bicyclic) bond motifs is 1. The van der Waals surface area contributed by atoms with Crippen molar-refractivity contribution in [2.24, 2.45) is 5.92 Å². The maximum atomic E-state index is 14.4. The molecule has 0 aliphatic heterocycles. The van der Waals surface area contributed by atoms with E-state index in [0.717, 1.165) is 36.3 Å². The van der Waals surface area contributed by atoms with Gasteiger partial charge in [0.15, 0.2) is 17.3 Å². The Morgan fingerprint density at radius 3 is 2.88 bits per heavy atom. The summed E-state index contributed by atoms with van der Waals surface area (Å²) >= 11 is 0. The highest BCUT2D eigenvalue weighted by Gasteiger charge is 2.21. The SMILES string of the molecule is CC(C)CNCCOc1ccc(-n2ccc3c2CCCC3=O)cc1F. The molecule has 0 unspecified atom stereocenters. The molecule has 1 aromatic heterocycles. The van der Waals surface area contributed by atoms with Gasteiger partial charge < -0.3 is 14.6 Å². The van der Waals surface area contributed by atoms with Gasteiger partial charge in [-0.25, -0.2) is 4.39 Å². The maximum absolute atomic E-state index is 14.4. The number of ether oxygens (including phenoxy) is 1. The maximum Gasteiger partial charge on any atom is 0.167 e. The molecular formula is C20H25FN2O2. The molecule has 0 bridgehead atoms. The van der Waals surface area contributed by atoms with Gasteiger partial charge in [0.2, 0.25) is 0 Å². The zero-order valence-electron chi connectivity index (χ0n) is 14.8. The van der Waals surface area contributed by atoms with Crippen LogP contribution in [0.3, 0.4) is 0 Å². The van der Waals surface area contributed by atoms with Crippen molar-refractivity contribution in [1.29, 1.82) is 0 Å². The molecule has 1 aliphatic rings. The Morgan fingerprint density at radius 1 is 1.28 bits per heavy atom. The minimum atomic E-state index is -0.383. The van der Waals surface area contributed by atoms with E-state index in [4.69, 9.17) is 4.74 Å². The van der Waals surface area contributed by atoms with Gasteiger partial charge in [0.1, 0.15) is 6.61 Å². The van der Waals surface area contributed by atoms with E-state index in [0.29, 0.717) is 25.5 Å². The van der Waals surface area contributed by atoms with Crippen LogP contribution in [-0.2, 0) is 6.42 Å². The number of ketones is 1. The van der Waals surface area contributed by atoms with Gasteiger partial charge >= 0.3 is 0 Å². The van der Waals surface area contributed by atoms with Crippen LogP contribution in [0.5, 0.6) is 5.75 Å². The number of hydrogen-bond acceptors (Lipinski definition) is 3. The van der Waals surface area contributed by atoms with Crippen molar-refractivity contribution in [3.8, 4) is 11.4 Å². The Balaban J connectivity index is 1.67. The number of aromatic nitrogens is 1. The summed E-state index contributed by atoms with van der Waals surface area (Å²) in [6, 6.07) is 6.79. The first-order valence-corrected chi connectivity index (χ1v) is 8.93. The standard InChI is InChI=1S/C20H25FN2O2/c1-14(2)13-22-9-11-25-20-7-6-15(12-17(20)21)23-10-8-16-18(23)4-3-5-19(16)24/h6-8,10,12,14,22H,3-5,9,11,13H2,1-2H3. The molecule has 0 saturated heterocycles. The first-order valence-electron chi connectivity index (χ1n) is 8.93. The lowest BCUT2D eigenvalue weighted by atomic mass is 9.97.